The average molecular weight is 290 g/mol. The second kappa shape index (κ2) is 6.48. The van der Waals surface area contributed by atoms with E-state index >= 15 is 0 Å². The topological polar surface area (TPSA) is 48.1 Å². The summed E-state index contributed by atoms with van der Waals surface area (Å²) in [5.41, 5.74) is 8.10. The standard InChI is InChI=1S/C16H22N2OS/c1-4-19-16(2,3)14(17)10-15-18-13(11-20-15)12-8-6-5-7-9-12/h5-9,11,14H,4,10,17H2,1-3H3. The van der Waals surface area contributed by atoms with Crippen LogP contribution >= 0.6 is 11.3 Å². The molecule has 2 N–H and O–H groups in total. The molecule has 1 atom stereocenters. The Morgan fingerprint density at radius 2 is 2.00 bits per heavy atom. The van der Waals surface area contributed by atoms with Crippen molar-refractivity contribution in [3.63, 3.8) is 0 Å². The molecule has 1 aromatic carbocycles. The van der Waals surface area contributed by atoms with E-state index in [4.69, 9.17) is 10.5 Å². The van der Waals surface area contributed by atoms with Crippen molar-refractivity contribution in [1.82, 2.24) is 4.98 Å². The largest absolute Gasteiger partial charge is 0.374 e. The van der Waals surface area contributed by atoms with Gasteiger partial charge in [0.25, 0.3) is 0 Å². The first-order valence-corrected chi connectivity index (χ1v) is 7.80. The monoisotopic (exact) mass is 290 g/mol. The van der Waals surface area contributed by atoms with Gasteiger partial charge < -0.3 is 10.5 Å². The fourth-order valence-corrected chi connectivity index (χ4v) is 2.92. The molecule has 2 aromatic rings. The number of ether oxygens (including phenoxy) is 1. The highest BCUT2D eigenvalue weighted by Gasteiger charge is 2.27. The zero-order valence-corrected chi connectivity index (χ0v) is 13.1. The van der Waals surface area contributed by atoms with Crippen LogP contribution in [-0.2, 0) is 11.2 Å². The van der Waals surface area contributed by atoms with Crippen LogP contribution in [0.5, 0.6) is 0 Å². The van der Waals surface area contributed by atoms with Gasteiger partial charge in [-0.25, -0.2) is 4.98 Å². The molecule has 4 heteroatoms. The molecule has 0 saturated heterocycles. The Morgan fingerprint density at radius 1 is 1.30 bits per heavy atom. The lowest BCUT2D eigenvalue weighted by Gasteiger charge is -2.30. The number of benzene rings is 1. The molecule has 0 radical (unpaired) electrons. The highest BCUT2D eigenvalue weighted by atomic mass is 32.1. The Balaban J connectivity index is 2.07. The van der Waals surface area contributed by atoms with Crippen LogP contribution in [0.1, 0.15) is 25.8 Å². The van der Waals surface area contributed by atoms with Crippen molar-refractivity contribution in [2.45, 2.75) is 38.8 Å². The van der Waals surface area contributed by atoms with Gasteiger partial charge in [0, 0.05) is 30.0 Å². The molecule has 108 valence electrons. The minimum atomic E-state index is -0.326. The van der Waals surface area contributed by atoms with Gasteiger partial charge in [0.2, 0.25) is 0 Å². The Kier molecular flexibility index (Phi) is 4.91. The molecule has 0 amide bonds. The highest BCUT2D eigenvalue weighted by Crippen LogP contribution is 2.24. The maximum Gasteiger partial charge on any atom is 0.0949 e. The van der Waals surface area contributed by atoms with E-state index in [1.54, 1.807) is 11.3 Å². The molecular formula is C16H22N2OS. The second-order valence-electron chi connectivity index (χ2n) is 5.34. The Morgan fingerprint density at radius 3 is 2.65 bits per heavy atom. The summed E-state index contributed by atoms with van der Waals surface area (Å²) in [4.78, 5) is 4.68. The van der Waals surface area contributed by atoms with Gasteiger partial charge in [-0.1, -0.05) is 30.3 Å². The number of rotatable bonds is 6. The molecule has 20 heavy (non-hydrogen) atoms. The molecule has 1 unspecified atom stereocenters. The van der Waals surface area contributed by atoms with Gasteiger partial charge in [-0.05, 0) is 20.8 Å². The third kappa shape index (κ3) is 3.66. The maximum atomic E-state index is 6.26. The predicted octanol–water partition coefficient (Wildman–Crippen LogP) is 3.50. The SMILES string of the molecule is CCOC(C)(C)C(N)Cc1nc(-c2ccccc2)cs1. The van der Waals surface area contributed by atoms with Crippen LogP contribution in [0.4, 0.5) is 0 Å². The number of nitrogens with two attached hydrogens (primary N) is 1. The molecule has 0 saturated carbocycles. The summed E-state index contributed by atoms with van der Waals surface area (Å²) in [5, 5.41) is 3.15. The number of nitrogens with zero attached hydrogens (tertiary/aromatic N) is 1. The summed E-state index contributed by atoms with van der Waals surface area (Å²) >= 11 is 1.66. The smallest absolute Gasteiger partial charge is 0.0949 e. The van der Waals surface area contributed by atoms with E-state index in [0.29, 0.717) is 6.61 Å². The van der Waals surface area contributed by atoms with E-state index in [0.717, 1.165) is 22.7 Å². The molecule has 0 fully saturated rings. The molecular weight excluding hydrogens is 268 g/mol. The van der Waals surface area contributed by atoms with Gasteiger partial charge in [0.05, 0.1) is 16.3 Å². The molecule has 0 bridgehead atoms. The van der Waals surface area contributed by atoms with Crippen LogP contribution in [-0.4, -0.2) is 23.2 Å². The summed E-state index contributed by atoms with van der Waals surface area (Å²) < 4.78 is 5.71. The van der Waals surface area contributed by atoms with Crippen LogP contribution in [0.2, 0.25) is 0 Å². The number of aromatic nitrogens is 1. The van der Waals surface area contributed by atoms with E-state index in [1.165, 1.54) is 0 Å². The molecule has 0 aliphatic carbocycles. The van der Waals surface area contributed by atoms with Gasteiger partial charge >= 0.3 is 0 Å². The second-order valence-corrected chi connectivity index (χ2v) is 6.28. The number of hydrogen-bond acceptors (Lipinski definition) is 4. The van der Waals surface area contributed by atoms with Crippen molar-refractivity contribution in [3.05, 3.63) is 40.7 Å². The third-order valence-electron chi connectivity index (χ3n) is 3.43. The first kappa shape index (κ1) is 15.2. The van der Waals surface area contributed by atoms with Crippen LogP contribution in [0.3, 0.4) is 0 Å². The first-order valence-electron chi connectivity index (χ1n) is 6.92. The quantitative estimate of drug-likeness (QED) is 0.886. The summed E-state index contributed by atoms with van der Waals surface area (Å²) in [6, 6.07) is 10.1. The summed E-state index contributed by atoms with van der Waals surface area (Å²) in [5.74, 6) is 0. The predicted molar refractivity (Wildman–Crippen MR) is 84.9 cm³/mol. The van der Waals surface area contributed by atoms with E-state index in [-0.39, 0.29) is 11.6 Å². The zero-order chi connectivity index (χ0) is 14.6. The van der Waals surface area contributed by atoms with E-state index in [1.807, 2.05) is 39.0 Å². The van der Waals surface area contributed by atoms with E-state index in [2.05, 4.69) is 22.5 Å². The van der Waals surface area contributed by atoms with Crippen LogP contribution < -0.4 is 5.73 Å². The first-order chi connectivity index (χ1) is 9.53. The minimum absolute atomic E-state index is 0.0581. The average Bonchev–Trinajstić information content (AvgIpc) is 2.88. The molecule has 0 aliphatic rings. The summed E-state index contributed by atoms with van der Waals surface area (Å²) in [6.07, 6.45) is 0.741. The van der Waals surface area contributed by atoms with Gasteiger partial charge in [0.1, 0.15) is 0 Å². The molecule has 0 spiro atoms. The van der Waals surface area contributed by atoms with Crippen molar-refractivity contribution in [1.29, 1.82) is 0 Å². The molecule has 3 nitrogen and oxygen atoms in total. The molecule has 0 aliphatic heterocycles. The fourth-order valence-electron chi connectivity index (χ4n) is 2.06. The molecule has 2 rings (SSSR count). The molecule has 1 aromatic heterocycles. The van der Waals surface area contributed by atoms with Crippen LogP contribution in [0.25, 0.3) is 11.3 Å². The van der Waals surface area contributed by atoms with Crippen molar-refractivity contribution in [2.24, 2.45) is 5.73 Å². The van der Waals surface area contributed by atoms with Crippen molar-refractivity contribution < 1.29 is 4.74 Å². The van der Waals surface area contributed by atoms with Crippen molar-refractivity contribution in [3.8, 4) is 11.3 Å². The van der Waals surface area contributed by atoms with Gasteiger partial charge in [0.15, 0.2) is 0 Å². The number of hydrogen-bond donors (Lipinski definition) is 1. The lowest BCUT2D eigenvalue weighted by molar-refractivity contribution is -0.0288. The lowest BCUT2D eigenvalue weighted by atomic mass is 9.97. The van der Waals surface area contributed by atoms with E-state index in [9.17, 15) is 0 Å². The van der Waals surface area contributed by atoms with Crippen molar-refractivity contribution in [2.75, 3.05) is 6.61 Å². The Labute approximate surface area is 124 Å². The van der Waals surface area contributed by atoms with Gasteiger partial charge in [-0.3, -0.25) is 0 Å². The summed E-state index contributed by atoms with van der Waals surface area (Å²) in [7, 11) is 0. The fraction of sp³-hybridized carbons (Fsp3) is 0.438. The normalized spacial score (nSPS) is 13.4. The maximum absolute atomic E-state index is 6.26. The minimum Gasteiger partial charge on any atom is -0.374 e. The molecule has 1 heterocycles. The summed E-state index contributed by atoms with van der Waals surface area (Å²) in [6.45, 7) is 6.74. The van der Waals surface area contributed by atoms with Gasteiger partial charge in [-0.15, -0.1) is 11.3 Å². The van der Waals surface area contributed by atoms with Crippen molar-refractivity contribution >= 4 is 11.3 Å². The lowest BCUT2D eigenvalue weighted by Crippen LogP contribution is -2.46. The van der Waals surface area contributed by atoms with Gasteiger partial charge in [-0.2, -0.15) is 0 Å². The third-order valence-corrected chi connectivity index (χ3v) is 4.30. The highest BCUT2D eigenvalue weighted by molar-refractivity contribution is 7.09. The number of thiazole rings is 1. The van der Waals surface area contributed by atoms with Crippen LogP contribution in [0.15, 0.2) is 35.7 Å². The van der Waals surface area contributed by atoms with Crippen LogP contribution in [0, 0.1) is 0 Å². The zero-order valence-electron chi connectivity index (χ0n) is 12.3. The Hall–Kier alpha value is -1.23. The Bertz CT molecular complexity index is 536. The van der Waals surface area contributed by atoms with E-state index < -0.39 is 0 Å².